The van der Waals surface area contributed by atoms with E-state index in [1.54, 1.807) is 36.1 Å². The van der Waals surface area contributed by atoms with Crippen LogP contribution in [-0.2, 0) is 19.1 Å². The Bertz CT molecular complexity index is 778. The number of likely N-dealkylation sites (tertiary alicyclic amines) is 1. The van der Waals surface area contributed by atoms with Crippen LogP contribution in [0.5, 0.6) is 0 Å². The van der Waals surface area contributed by atoms with E-state index in [9.17, 15) is 14.4 Å². The quantitative estimate of drug-likeness (QED) is 0.696. The van der Waals surface area contributed by atoms with Crippen LogP contribution in [0.4, 0.5) is 5.69 Å². The SMILES string of the molecule is CCOC(=O)CN1CCC(N2CC(=O)N(c3ccc(C#N)cc3)CC2=O)CC1. The van der Waals surface area contributed by atoms with Crippen LogP contribution in [0.25, 0.3) is 0 Å². The Kier molecular flexibility index (Phi) is 6.26. The fraction of sp³-hybridized carbons (Fsp3) is 0.500. The maximum Gasteiger partial charge on any atom is 0.320 e. The van der Waals surface area contributed by atoms with E-state index in [-0.39, 0.29) is 43.5 Å². The van der Waals surface area contributed by atoms with Crippen LogP contribution in [0.1, 0.15) is 25.3 Å². The van der Waals surface area contributed by atoms with E-state index in [1.807, 2.05) is 11.0 Å². The monoisotopic (exact) mass is 384 g/mol. The van der Waals surface area contributed by atoms with Crippen molar-refractivity contribution < 1.29 is 19.1 Å². The van der Waals surface area contributed by atoms with E-state index < -0.39 is 0 Å². The molecule has 2 saturated heterocycles. The second kappa shape index (κ2) is 8.85. The predicted molar refractivity (Wildman–Crippen MR) is 101 cm³/mol. The number of carbonyl (C=O) groups is 3. The van der Waals surface area contributed by atoms with Gasteiger partial charge in [-0.1, -0.05) is 0 Å². The Labute approximate surface area is 164 Å². The molecular formula is C20H24N4O4. The number of ether oxygens (including phenoxy) is 1. The summed E-state index contributed by atoms with van der Waals surface area (Å²) in [6.07, 6.45) is 1.46. The first-order valence-corrected chi connectivity index (χ1v) is 9.49. The zero-order chi connectivity index (χ0) is 20.1. The molecule has 2 fully saturated rings. The molecule has 0 radical (unpaired) electrons. The third kappa shape index (κ3) is 4.49. The summed E-state index contributed by atoms with van der Waals surface area (Å²) >= 11 is 0. The number of carbonyl (C=O) groups excluding carboxylic acids is 3. The first-order chi connectivity index (χ1) is 13.5. The molecule has 0 saturated carbocycles. The minimum Gasteiger partial charge on any atom is -0.465 e. The number of anilines is 1. The summed E-state index contributed by atoms with van der Waals surface area (Å²) in [6, 6.07) is 8.70. The molecule has 28 heavy (non-hydrogen) atoms. The predicted octanol–water partition coefficient (Wildman–Crippen LogP) is 0.761. The molecule has 8 heteroatoms. The van der Waals surface area contributed by atoms with Gasteiger partial charge in [-0.25, -0.2) is 0 Å². The first kappa shape index (κ1) is 19.8. The van der Waals surface area contributed by atoms with Crippen molar-refractivity contribution >= 4 is 23.5 Å². The number of amides is 2. The highest BCUT2D eigenvalue weighted by molar-refractivity contribution is 6.04. The molecule has 3 rings (SSSR count). The molecule has 0 aliphatic carbocycles. The summed E-state index contributed by atoms with van der Waals surface area (Å²) in [5.41, 5.74) is 1.14. The van der Waals surface area contributed by atoms with Crippen LogP contribution in [-0.4, -0.2) is 73.0 Å². The number of piperidine rings is 1. The van der Waals surface area contributed by atoms with E-state index in [2.05, 4.69) is 0 Å². The molecule has 2 amide bonds. The highest BCUT2D eigenvalue weighted by Gasteiger charge is 2.36. The number of hydrogen-bond acceptors (Lipinski definition) is 6. The molecule has 148 valence electrons. The summed E-state index contributed by atoms with van der Waals surface area (Å²) in [5, 5.41) is 8.89. The third-order valence-corrected chi connectivity index (χ3v) is 5.18. The van der Waals surface area contributed by atoms with Crippen LogP contribution in [0.15, 0.2) is 24.3 Å². The van der Waals surface area contributed by atoms with Crippen molar-refractivity contribution in [3.05, 3.63) is 29.8 Å². The van der Waals surface area contributed by atoms with Crippen LogP contribution in [0.3, 0.4) is 0 Å². The van der Waals surface area contributed by atoms with Crippen LogP contribution >= 0.6 is 0 Å². The van der Waals surface area contributed by atoms with Crippen molar-refractivity contribution in [1.29, 1.82) is 5.26 Å². The third-order valence-electron chi connectivity index (χ3n) is 5.18. The van der Waals surface area contributed by atoms with Crippen LogP contribution < -0.4 is 4.90 Å². The van der Waals surface area contributed by atoms with E-state index in [1.165, 1.54) is 4.90 Å². The van der Waals surface area contributed by atoms with Crippen molar-refractivity contribution in [2.75, 3.05) is 44.2 Å². The Hall–Kier alpha value is -2.92. The molecule has 0 bridgehead atoms. The van der Waals surface area contributed by atoms with Gasteiger partial charge in [0.05, 0.1) is 24.8 Å². The summed E-state index contributed by atoms with van der Waals surface area (Å²) in [4.78, 5) is 42.1. The highest BCUT2D eigenvalue weighted by Crippen LogP contribution is 2.23. The van der Waals surface area contributed by atoms with Gasteiger partial charge >= 0.3 is 5.97 Å². The van der Waals surface area contributed by atoms with Gasteiger partial charge in [-0.3, -0.25) is 19.3 Å². The Morgan fingerprint density at radius 1 is 1.14 bits per heavy atom. The van der Waals surface area contributed by atoms with Crippen LogP contribution in [0.2, 0.25) is 0 Å². The van der Waals surface area contributed by atoms with Gasteiger partial charge in [0.2, 0.25) is 11.8 Å². The fourth-order valence-electron chi connectivity index (χ4n) is 3.70. The zero-order valence-corrected chi connectivity index (χ0v) is 16.0. The largest absolute Gasteiger partial charge is 0.465 e. The molecule has 1 aromatic rings. The average Bonchev–Trinajstić information content (AvgIpc) is 2.70. The Balaban J connectivity index is 1.56. The first-order valence-electron chi connectivity index (χ1n) is 9.49. The number of hydrogen-bond donors (Lipinski definition) is 0. The summed E-state index contributed by atoms with van der Waals surface area (Å²) < 4.78 is 4.97. The zero-order valence-electron chi connectivity index (χ0n) is 16.0. The lowest BCUT2D eigenvalue weighted by atomic mass is 10.0. The smallest absolute Gasteiger partial charge is 0.320 e. The maximum atomic E-state index is 12.7. The molecule has 2 aliphatic heterocycles. The molecular weight excluding hydrogens is 360 g/mol. The van der Waals surface area contributed by atoms with Gasteiger partial charge in [0, 0.05) is 24.8 Å². The lowest BCUT2D eigenvalue weighted by molar-refractivity contribution is -0.146. The number of esters is 1. The Morgan fingerprint density at radius 3 is 2.43 bits per heavy atom. The number of nitrogens with zero attached hydrogens (tertiary/aromatic N) is 4. The molecule has 2 aliphatic rings. The van der Waals surface area contributed by atoms with Gasteiger partial charge < -0.3 is 14.5 Å². The van der Waals surface area contributed by atoms with Crippen molar-refractivity contribution in [3.63, 3.8) is 0 Å². The molecule has 0 atom stereocenters. The second-order valence-electron chi connectivity index (χ2n) is 6.97. The van der Waals surface area contributed by atoms with E-state index in [4.69, 9.17) is 10.00 Å². The minimum atomic E-state index is -0.233. The maximum absolute atomic E-state index is 12.7. The molecule has 0 aromatic heterocycles. The Morgan fingerprint density at radius 2 is 1.82 bits per heavy atom. The number of nitriles is 1. The lowest BCUT2D eigenvalue weighted by Gasteiger charge is -2.42. The summed E-state index contributed by atoms with van der Waals surface area (Å²) in [7, 11) is 0. The van der Waals surface area contributed by atoms with Gasteiger partial charge in [0.15, 0.2) is 0 Å². The normalized spacial score (nSPS) is 18.9. The molecule has 0 N–H and O–H groups in total. The van der Waals surface area contributed by atoms with Gasteiger partial charge in [0.1, 0.15) is 13.1 Å². The standard InChI is InChI=1S/C20H24N4O4/c1-2-28-20(27)14-22-9-7-17(8-10-22)24-13-18(25)23(12-19(24)26)16-5-3-15(11-21)4-6-16/h3-6,17H,2,7-10,12-14H2,1H3. The lowest BCUT2D eigenvalue weighted by Crippen LogP contribution is -2.59. The summed E-state index contributed by atoms with van der Waals surface area (Å²) in [6.45, 7) is 3.87. The van der Waals surface area contributed by atoms with Gasteiger partial charge in [-0.2, -0.15) is 5.26 Å². The fourth-order valence-corrected chi connectivity index (χ4v) is 3.70. The molecule has 0 unspecified atom stereocenters. The van der Waals surface area contributed by atoms with Gasteiger partial charge in [-0.15, -0.1) is 0 Å². The van der Waals surface area contributed by atoms with Gasteiger partial charge in [-0.05, 0) is 44.0 Å². The molecule has 8 nitrogen and oxygen atoms in total. The van der Waals surface area contributed by atoms with E-state index >= 15 is 0 Å². The average molecular weight is 384 g/mol. The number of piperazine rings is 1. The van der Waals surface area contributed by atoms with E-state index in [0.29, 0.717) is 30.9 Å². The van der Waals surface area contributed by atoms with Crippen molar-refractivity contribution in [2.45, 2.75) is 25.8 Å². The number of benzene rings is 1. The van der Waals surface area contributed by atoms with Crippen molar-refractivity contribution in [2.24, 2.45) is 0 Å². The topological polar surface area (TPSA) is 93.9 Å². The van der Waals surface area contributed by atoms with E-state index in [0.717, 1.165) is 12.8 Å². The van der Waals surface area contributed by atoms with Gasteiger partial charge in [0.25, 0.3) is 0 Å². The number of rotatable bonds is 5. The summed E-state index contributed by atoms with van der Waals surface area (Å²) in [5.74, 6) is -0.436. The van der Waals surface area contributed by atoms with Crippen molar-refractivity contribution in [3.8, 4) is 6.07 Å². The van der Waals surface area contributed by atoms with Crippen molar-refractivity contribution in [1.82, 2.24) is 9.80 Å². The highest BCUT2D eigenvalue weighted by atomic mass is 16.5. The molecule has 2 heterocycles. The second-order valence-corrected chi connectivity index (χ2v) is 6.97. The van der Waals surface area contributed by atoms with Crippen LogP contribution in [0, 0.1) is 11.3 Å². The molecule has 1 aromatic carbocycles. The minimum absolute atomic E-state index is 0.00771. The molecule has 0 spiro atoms.